The number of nitrogens with two attached hydrogens (primary N) is 1. The van der Waals surface area contributed by atoms with Gasteiger partial charge in [0.2, 0.25) is 0 Å². The highest BCUT2D eigenvalue weighted by molar-refractivity contribution is 7.97. The predicted octanol–water partition coefficient (Wildman–Crippen LogP) is 2.14. The van der Waals surface area contributed by atoms with E-state index in [-0.39, 0.29) is 5.97 Å². The summed E-state index contributed by atoms with van der Waals surface area (Å²) in [4.78, 5) is 17.1. The quantitative estimate of drug-likeness (QED) is 0.507. The molecule has 1 aliphatic heterocycles. The van der Waals surface area contributed by atoms with Crippen LogP contribution in [-0.4, -0.2) is 47.8 Å². The molecule has 2 N–H and O–H groups in total. The molecule has 0 spiro atoms. The molecule has 0 bridgehead atoms. The second kappa shape index (κ2) is 7.70. The van der Waals surface area contributed by atoms with E-state index in [2.05, 4.69) is 9.30 Å². The van der Waals surface area contributed by atoms with Gasteiger partial charge in [-0.1, -0.05) is 0 Å². The third kappa shape index (κ3) is 3.97. The van der Waals surface area contributed by atoms with Crippen molar-refractivity contribution in [2.45, 2.75) is 25.2 Å². The average molecular weight is 336 g/mol. The van der Waals surface area contributed by atoms with Crippen molar-refractivity contribution in [1.29, 1.82) is 0 Å². The maximum atomic E-state index is 12.0. The molecule has 6 nitrogen and oxygen atoms in total. The molecule has 2 rings (SSSR count). The van der Waals surface area contributed by atoms with Crippen LogP contribution >= 0.6 is 11.9 Å². The molecule has 0 unspecified atom stereocenters. The monoisotopic (exact) mass is 336 g/mol. The van der Waals surface area contributed by atoms with Crippen LogP contribution < -0.4 is 5.73 Å². The minimum atomic E-state index is -0.286. The van der Waals surface area contributed by atoms with Crippen LogP contribution in [-0.2, 0) is 11.8 Å². The molecule has 1 aromatic rings. The van der Waals surface area contributed by atoms with Crippen LogP contribution in [0.1, 0.15) is 29.5 Å². The molecule has 2 heterocycles. The number of hydrogen-bond donors (Lipinski definition) is 1. The second-order valence-electron chi connectivity index (χ2n) is 5.40. The number of aromatic nitrogens is 1. The van der Waals surface area contributed by atoms with E-state index in [0.29, 0.717) is 12.3 Å². The van der Waals surface area contributed by atoms with Crippen LogP contribution in [0.3, 0.4) is 0 Å². The first-order valence-corrected chi connectivity index (χ1v) is 8.41. The summed E-state index contributed by atoms with van der Waals surface area (Å²) in [6.45, 7) is 5.82. The molecular weight excluding hydrogens is 312 g/mol. The second-order valence-corrected chi connectivity index (χ2v) is 6.54. The maximum Gasteiger partial charge on any atom is 0.354 e. The van der Waals surface area contributed by atoms with Gasteiger partial charge in [-0.3, -0.25) is 4.99 Å². The summed E-state index contributed by atoms with van der Waals surface area (Å²) in [7, 11) is 3.63. The molecule has 0 saturated heterocycles. The standard InChI is InChI=1S/C16H24N4O2S/c1-5-22-16(21)14-8-15(11(2)19(14)4)23-20-7-6-13(17)12(10-20)9-18-3/h8-9H,5-7,10,17H2,1-4H3. The lowest BCUT2D eigenvalue weighted by atomic mass is 10.1. The highest BCUT2D eigenvalue weighted by Crippen LogP contribution is 2.31. The van der Waals surface area contributed by atoms with Gasteiger partial charge in [-0.25, -0.2) is 9.10 Å². The van der Waals surface area contributed by atoms with Crippen molar-refractivity contribution in [2.75, 3.05) is 26.7 Å². The highest BCUT2D eigenvalue weighted by Gasteiger charge is 2.21. The first-order chi connectivity index (χ1) is 11.0. The summed E-state index contributed by atoms with van der Waals surface area (Å²) in [6.07, 6.45) is 2.65. The molecular formula is C16H24N4O2S. The topological polar surface area (TPSA) is 72.8 Å². The lowest BCUT2D eigenvalue weighted by Crippen LogP contribution is -2.29. The summed E-state index contributed by atoms with van der Waals surface area (Å²) in [5.74, 6) is -0.286. The number of rotatable bonds is 5. The Morgan fingerprint density at radius 3 is 2.96 bits per heavy atom. The first-order valence-electron chi connectivity index (χ1n) is 7.63. The molecule has 0 fully saturated rings. The van der Waals surface area contributed by atoms with Crippen molar-refractivity contribution in [1.82, 2.24) is 8.87 Å². The van der Waals surface area contributed by atoms with Gasteiger partial charge in [0.15, 0.2) is 0 Å². The smallest absolute Gasteiger partial charge is 0.354 e. The van der Waals surface area contributed by atoms with E-state index in [1.165, 1.54) is 0 Å². The zero-order chi connectivity index (χ0) is 17.0. The molecule has 0 saturated carbocycles. The molecule has 23 heavy (non-hydrogen) atoms. The van der Waals surface area contributed by atoms with Crippen molar-refractivity contribution in [3.63, 3.8) is 0 Å². The Bertz CT molecular complexity index is 649. The lowest BCUT2D eigenvalue weighted by Gasteiger charge is -2.26. The van der Waals surface area contributed by atoms with Gasteiger partial charge in [0.05, 0.1) is 6.61 Å². The molecule has 0 radical (unpaired) electrons. The van der Waals surface area contributed by atoms with Crippen molar-refractivity contribution in [3.8, 4) is 0 Å². The largest absolute Gasteiger partial charge is 0.461 e. The molecule has 0 amide bonds. The van der Waals surface area contributed by atoms with Gasteiger partial charge in [-0.2, -0.15) is 0 Å². The molecule has 0 atom stereocenters. The highest BCUT2D eigenvalue weighted by atomic mass is 32.2. The molecule has 0 aromatic carbocycles. The van der Waals surface area contributed by atoms with Crippen LogP contribution in [0.4, 0.5) is 0 Å². The van der Waals surface area contributed by atoms with Crippen LogP contribution in [0.15, 0.2) is 27.2 Å². The van der Waals surface area contributed by atoms with Gasteiger partial charge >= 0.3 is 5.97 Å². The number of hydrogen-bond acceptors (Lipinski definition) is 6. The number of ether oxygens (including phenoxy) is 1. The minimum Gasteiger partial charge on any atom is -0.461 e. The normalized spacial score (nSPS) is 16.3. The SMILES string of the molecule is CCOC(=O)c1cc(SN2CCC(N)=C(C=NC)C2)c(C)n1C. The van der Waals surface area contributed by atoms with Gasteiger partial charge < -0.3 is 15.0 Å². The van der Waals surface area contributed by atoms with Crippen molar-refractivity contribution >= 4 is 24.1 Å². The van der Waals surface area contributed by atoms with Crippen LogP contribution in [0.2, 0.25) is 0 Å². The predicted molar refractivity (Wildman–Crippen MR) is 93.8 cm³/mol. The first kappa shape index (κ1) is 17.6. The van der Waals surface area contributed by atoms with Crippen molar-refractivity contribution in [3.05, 3.63) is 28.7 Å². The number of carbonyl (C=O) groups is 1. The van der Waals surface area contributed by atoms with Crippen LogP contribution in [0, 0.1) is 6.92 Å². The number of nitrogens with zero attached hydrogens (tertiary/aromatic N) is 3. The fourth-order valence-electron chi connectivity index (χ4n) is 2.44. The zero-order valence-electron chi connectivity index (χ0n) is 14.1. The molecule has 7 heteroatoms. The van der Waals surface area contributed by atoms with E-state index in [1.54, 1.807) is 19.0 Å². The summed E-state index contributed by atoms with van der Waals surface area (Å²) in [5, 5.41) is 0. The van der Waals surface area contributed by atoms with E-state index in [4.69, 9.17) is 10.5 Å². The number of aliphatic imine (C=N–C) groups is 1. The van der Waals surface area contributed by atoms with E-state index in [9.17, 15) is 4.79 Å². The summed E-state index contributed by atoms with van der Waals surface area (Å²) in [5.41, 5.74) is 9.63. The van der Waals surface area contributed by atoms with Gasteiger partial charge in [0, 0.05) is 61.7 Å². The number of carbonyl (C=O) groups excluding carboxylic acids is 1. The van der Waals surface area contributed by atoms with E-state index in [0.717, 1.165) is 41.4 Å². The Kier molecular flexibility index (Phi) is 5.90. The van der Waals surface area contributed by atoms with Crippen molar-refractivity contribution < 1.29 is 9.53 Å². The Morgan fingerprint density at radius 1 is 1.57 bits per heavy atom. The average Bonchev–Trinajstić information content (AvgIpc) is 2.79. The van der Waals surface area contributed by atoms with Crippen LogP contribution in [0.5, 0.6) is 0 Å². The molecule has 1 aromatic heterocycles. The van der Waals surface area contributed by atoms with Gasteiger partial charge in [-0.15, -0.1) is 0 Å². The fraction of sp³-hybridized carbons (Fsp3) is 0.500. The molecule has 0 aliphatic carbocycles. The maximum absolute atomic E-state index is 12.0. The van der Waals surface area contributed by atoms with E-state index in [1.807, 2.05) is 37.7 Å². The van der Waals surface area contributed by atoms with E-state index >= 15 is 0 Å². The van der Waals surface area contributed by atoms with Gasteiger partial charge in [-0.05, 0) is 31.9 Å². The minimum absolute atomic E-state index is 0.286. The fourth-order valence-corrected chi connectivity index (χ4v) is 3.54. The third-order valence-electron chi connectivity index (χ3n) is 3.88. The third-order valence-corrected chi connectivity index (χ3v) is 5.06. The summed E-state index contributed by atoms with van der Waals surface area (Å²) >= 11 is 1.65. The summed E-state index contributed by atoms with van der Waals surface area (Å²) < 4.78 is 9.22. The Morgan fingerprint density at radius 2 is 2.30 bits per heavy atom. The Hall–Kier alpha value is -1.73. The van der Waals surface area contributed by atoms with Gasteiger partial charge in [0.1, 0.15) is 5.69 Å². The Balaban J connectivity index is 2.15. The zero-order valence-corrected chi connectivity index (χ0v) is 14.9. The van der Waals surface area contributed by atoms with Crippen molar-refractivity contribution in [2.24, 2.45) is 17.8 Å². The number of esters is 1. The Labute approximate surface area is 141 Å². The van der Waals surface area contributed by atoms with Gasteiger partial charge in [0.25, 0.3) is 0 Å². The molecule has 126 valence electrons. The van der Waals surface area contributed by atoms with Crippen LogP contribution in [0.25, 0.3) is 0 Å². The molecule has 1 aliphatic rings. The lowest BCUT2D eigenvalue weighted by molar-refractivity contribution is 0.0515. The summed E-state index contributed by atoms with van der Waals surface area (Å²) in [6, 6.07) is 1.90. The van der Waals surface area contributed by atoms with E-state index < -0.39 is 0 Å².